The third-order valence-electron chi connectivity index (χ3n) is 5.73. The van der Waals surface area contributed by atoms with Crippen molar-refractivity contribution in [1.29, 1.82) is 0 Å². The van der Waals surface area contributed by atoms with Crippen molar-refractivity contribution in [1.82, 2.24) is 16.3 Å². The predicted octanol–water partition coefficient (Wildman–Crippen LogP) is 6.89. The van der Waals surface area contributed by atoms with E-state index in [1.807, 2.05) is 85.1 Å². The van der Waals surface area contributed by atoms with Gasteiger partial charge in [-0.25, -0.2) is 10.4 Å². The topological polar surface area (TPSA) is 60.8 Å². The van der Waals surface area contributed by atoms with Crippen LogP contribution in [0.15, 0.2) is 143 Å². The fourth-order valence-corrected chi connectivity index (χ4v) is 5.08. The van der Waals surface area contributed by atoms with Gasteiger partial charge in [0.1, 0.15) is 6.04 Å². The molecular formula is C30H26ClN5S. The summed E-state index contributed by atoms with van der Waals surface area (Å²) in [4.78, 5) is 6.05. The van der Waals surface area contributed by atoms with Crippen LogP contribution >= 0.6 is 23.4 Å². The Bertz CT molecular complexity index is 1370. The number of halogens is 1. The second-order valence-electron chi connectivity index (χ2n) is 8.30. The molecular weight excluding hydrogens is 498 g/mol. The van der Waals surface area contributed by atoms with E-state index in [1.54, 1.807) is 11.8 Å². The zero-order valence-corrected chi connectivity index (χ0v) is 21.5. The zero-order valence-electron chi connectivity index (χ0n) is 20.0. The van der Waals surface area contributed by atoms with Crippen molar-refractivity contribution >= 4 is 35.0 Å². The van der Waals surface area contributed by atoms with Crippen molar-refractivity contribution in [3.05, 3.63) is 149 Å². The first-order valence-corrected chi connectivity index (χ1v) is 13.2. The molecule has 4 aromatic rings. The summed E-state index contributed by atoms with van der Waals surface area (Å²) in [6, 6.07) is 38.4. The van der Waals surface area contributed by atoms with Gasteiger partial charge in [-0.15, -0.1) is 11.8 Å². The van der Waals surface area contributed by atoms with Crippen molar-refractivity contribution in [3.63, 3.8) is 0 Å². The highest BCUT2D eigenvalue weighted by Crippen LogP contribution is 2.36. The van der Waals surface area contributed by atoms with Crippen LogP contribution in [0.1, 0.15) is 28.0 Å². The van der Waals surface area contributed by atoms with E-state index in [0.29, 0.717) is 5.96 Å². The molecule has 184 valence electrons. The molecule has 1 aliphatic rings. The number of benzene rings is 4. The van der Waals surface area contributed by atoms with E-state index in [1.165, 1.54) is 5.56 Å². The number of nitrogens with zero attached hydrogens (tertiary/aromatic N) is 2. The minimum absolute atomic E-state index is 0.109. The molecule has 0 saturated heterocycles. The lowest BCUT2D eigenvalue weighted by Gasteiger charge is -2.23. The molecule has 3 N–H and O–H groups in total. The molecule has 0 spiro atoms. The maximum atomic E-state index is 6.07. The highest BCUT2D eigenvalue weighted by Gasteiger charge is 2.23. The summed E-state index contributed by atoms with van der Waals surface area (Å²) in [7, 11) is 0. The maximum Gasteiger partial charge on any atom is 0.232 e. The Hall–Kier alpha value is -4.00. The van der Waals surface area contributed by atoms with E-state index in [4.69, 9.17) is 16.6 Å². The molecule has 5 nitrogen and oxygen atoms in total. The average molecular weight is 524 g/mol. The van der Waals surface area contributed by atoms with Crippen LogP contribution in [0.3, 0.4) is 0 Å². The van der Waals surface area contributed by atoms with Crippen LogP contribution in [0.25, 0.3) is 0 Å². The molecule has 5 rings (SSSR count). The van der Waals surface area contributed by atoms with Gasteiger partial charge in [0.25, 0.3) is 0 Å². The van der Waals surface area contributed by atoms with Crippen LogP contribution in [0.2, 0.25) is 5.02 Å². The van der Waals surface area contributed by atoms with Gasteiger partial charge in [-0.05, 0) is 41.5 Å². The average Bonchev–Trinajstić information content (AvgIpc) is 2.97. The van der Waals surface area contributed by atoms with E-state index >= 15 is 0 Å². The first-order chi connectivity index (χ1) is 18.3. The fourth-order valence-electron chi connectivity index (χ4n) is 3.92. The molecule has 0 bridgehead atoms. The monoisotopic (exact) mass is 523 g/mol. The Morgan fingerprint density at radius 3 is 2.16 bits per heavy atom. The molecule has 7 heteroatoms. The van der Waals surface area contributed by atoms with Gasteiger partial charge in [0, 0.05) is 21.7 Å². The van der Waals surface area contributed by atoms with Crippen molar-refractivity contribution in [2.24, 2.45) is 10.1 Å². The van der Waals surface area contributed by atoms with Crippen LogP contribution in [0.4, 0.5) is 0 Å². The Balaban J connectivity index is 1.29. The Kier molecular flexibility index (Phi) is 8.21. The Labute approximate surface area is 226 Å². The van der Waals surface area contributed by atoms with Gasteiger partial charge in [-0.2, -0.15) is 5.10 Å². The van der Waals surface area contributed by atoms with E-state index in [9.17, 15) is 0 Å². The molecule has 37 heavy (non-hydrogen) atoms. The predicted molar refractivity (Wildman–Crippen MR) is 155 cm³/mol. The number of nitrogens with one attached hydrogen (secondary N) is 3. The van der Waals surface area contributed by atoms with E-state index in [2.05, 4.69) is 63.9 Å². The first kappa shape index (κ1) is 24.7. The molecule has 0 saturated carbocycles. The number of hydrogen-bond acceptors (Lipinski definition) is 6. The number of aliphatic imine (C=N–C) groups is 1. The summed E-state index contributed by atoms with van der Waals surface area (Å²) in [6.07, 6.45) is 4.00. The molecule has 0 amide bonds. The van der Waals surface area contributed by atoms with Crippen LogP contribution < -0.4 is 16.3 Å². The third kappa shape index (κ3) is 6.61. The maximum absolute atomic E-state index is 6.07. The van der Waals surface area contributed by atoms with Crippen molar-refractivity contribution < 1.29 is 0 Å². The summed E-state index contributed by atoms with van der Waals surface area (Å²) in [6.45, 7) is 0. The second kappa shape index (κ2) is 12.3. The molecule has 4 aromatic carbocycles. The molecule has 1 aliphatic heterocycles. The smallest absolute Gasteiger partial charge is 0.232 e. The normalized spacial score (nSPS) is 15.9. The van der Waals surface area contributed by atoms with Crippen molar-refractivity contribution in [2.75, 3.05) is 0 Å². The van der Waals surface area contributed by atoms with Gasteiger partial charge >= 0.3 is 0 Å². The molecule has 0 aromatic heterocycles. The zero-order chi connectivity index (χ0) is 25.3. The number of hydrazone groups is 1. The summed E-state index contributed by atoms with van der Waals surface area (Å²) in [5.74, 6) is 0.541. The largest absolute Gasteiger partial charge is 0.306 e. The third-order valence-corrected chi connectivity index (χ3v) is 7.21. The number of hydrogen-bond donors (Lipinski definition) is 3. The van der Waals surface area contributed by atoms with Crippen LogP contribution in [0.5, 0.6) is 0 Å². The van der Waals surface area contributed by atoms with Crippen LogP contribution in [0, 0.1) is 0 Å². The molecule has 0 fully saturated rings. The second-order valence-corrected chi connectivity index (χ2v) is 9.95. The van der Waals surface area contributed by atoms with Gasteiger partial charge in [-0.3, -0.25) is 5.43 Å². The summed E-state index contributed by atoms with van der Waals surface area (Å²) in [5, 5.41) is 5.50. The minimum Gasteiger partial charge on any atom is -0.306 e. The minimum atomic E-state index is -0.226. The number of guanidine groups is 1. The van der Waals surface area contributed by atoms with Gasteiger partial charge < -0.3 is 5.43 Å². The molecule has 1 heterocycles. The lowest BCUT2D eigenvalue weighted by molar-refractivity contribution is 0.735. The Morgan fingerprint density at radius 1 is 0.811 bits per heavy atom. The van der Waals surface area contributed by atoms with Crippen molar-refractivity contribution in [3.8, 4) is 0 Å². The summed E-state index contributed by atoms with van der Waals surface area (Å²) in [5.41, 5.74) is 13.5. The lowest BCUT2D eigenvalue weighted by Crippen LogP contribution is -2.44. The first-order valence-electron chi connectivity index (χ1n) is 11.9. The quantitative estimate of drug-likeness (QED) is 0.174. The molecule has 0 unspecified atom stereocenters. The van der Waals surface area contributed by atoms with E-state index in [0.717, 1.165) is 26.8 Å². The summed E-state index contributed by atoms with van der Waals surface area (Å²) >= 11 is 7.82. The van der Waals surface area contributed by atoms with Gasteiger partial charge in [0.15, 0.2) is 0 Å². The molecule has 0 aliphatic carbocycles. The number of rotatable bonds is 8. The van der Waals surface area contributed by atoms with Gasteiger partial charge in [0.05, 0.1) is 11.0 Å². The fraction of sp³-hybridized carbons (Fsp3) is 0.0667. The van der Waals surface area contributed by atoms with Gasteiger partial charge in [-0.1, -0.05) is 103 Å². The number of hydrazine groups is 1. The van der Waals surface area contributed by atoms with Crippen LogP contribution in [-0.2, 0) is 0 Å². The summed E-state index contributed by atoms with van der Waals surface area (Å²) < 4.78 is 0. The highest BCUT2D eigenvalue weighted by molar-refractivity contribution is 7.99. The molecule has 0 radical (unpaired) electrons. The van der Waals surface area contributed by atoms with E-state index < -0.39 is 0 Å². The highest BCUT2D eigenvalue weighted by atomic mass is 35.5. The van der Waals surface area contributed by atoms with E-state index in [-0.39, 0.29) is 11.3 Å². The number of thioether (sulfide) groups is 1. The van der Waals surface area contributed by atoms with Gasteiger partial charge in [0.2, 0.25) is 5.96 Å². The lowest BCUT2D eigenvalue weighted by atomic mass is 9.97. The van der Waals surface area contributed by atoms with Crippen LogP contribution in [-0.4, -0.2) is 11.7 Å². The SMILES string of the molecule is Clc1ccc(S[C@@H](/C=C/NNC2=N[C@@H](c3ccccc3)C(c3ccccc3)=NN2)c2ccccc2)cc1. The Morgan fingerprint density at radius 2 is 1.46 bits per heavy atom. The molecule has 2 atom stereocenters. The van der Waals surface area contributed by atoms with Crippen molar-refractivity contribution in [2.45, 2.75) is 16.2 Å². The standard InChI is InChI=1S/C30H26ClN5S/c31-25-16-18-26(19-17-25)37-27(22-10-4-1-5-11-22)20-21-32-35-30-33-28(23-12-6-2-7-13-23)29(34-36-30)24-14-8-3-9-15-24/h1-21,27-28,32H,(H2,33,35,36)/b21-20+/t27-,28-/m0/s1.